The molecule has 0 aliphatic carbocycles. The Hall–Kier alpha value is -1.95. The van der Waals surface area contributed by atoms with Gasteiger partial charge in [0.2, 0.25) is 0 Å². The van der Waals surface area contributed by atoms with Crippen molar-refractivity contribution in [2.24, 2.45) is 5.92 Å². The van der Waals surface area contributed by atoms with Gasteiger partial charge >= 0.3 is 0 Å². The van der Waals surface area contributed by atoms with Crippen molar-refractivity contribution in [2.75, 3.05) is 32.2 Å². The van der Waals surface area contributed by atoms with Gasteiger partial charge in [-0.05, 0) is 24.5 Å². The maximum atomic E-state index is 6.68. The Labute approximate surface area is 198 Å². The van der Waals surface area contributed by atoms with Gasteiger partial charge < -0.3 is 14.4 Å². The SMILES string of the molecule is CCCN(CC(C)C)c1nc(-c2c(Cl)c(OC)cc(OC)c2Cl)cc2cnc(Cl)cc12. The van der Waals surface area contributed by atoms with Gasteiger partial charge in [-0.1, -0.05) is 55.6 Å². The van der Waals surface area contributed by atoms with Gasteiger partial charge in [0.05, 0.1) is 30.0 Å². The molecule has 0 saturated carbocycles. The average molecular weight is 483 g/mol. The van der Waals surface area contributed by atoms with Gasteiger partial charge in [-0.3, -0.25) is 0 Å². The summed E-state index contributed by atoms with van der Waals surface area (Å²) in [6.45, 7) is 8.22. The van der Waals surface area contributed by atoms with E-state index in [1.54, 1.807) is 26.5 Å². The number of nitrogens with zero attached hydrogens (tertiary/aromatic N) is 3. The Morgan fingerprint density at radius 2 is 1.65 bits per heavy atom. The summed E-state index contributed by atoms with van der Waals surface area (Å²) in [5, 5.41) is 2.99. The number of hydrogen-bond acceptors (Lipinski definition) is 5. The van der Waals surface area contributed by atoms with E-state index >= 15 is 0 Å². The summed E-state index contributed by atoms with van der Waals surface area (Å²) < 4.78 is 10.9. The summed E-state index contributed by atoms with van der Waals surface area (Å²) in [5.41, 5.74) is 1.17. The van der Waals surface area contributed by atoms with Gasteiger partial charge in [0, 0.05) is 41.7 Å². The molecule has 1 aromatic carbocycles. The van der Waals surface area contributed by atoms with Crippen molar-refractivity contribution in [3.8, 4) is 22.8 Å². The summed E-state index contributed by atoms with van der Waals surface area (Å²) in [6.07, 6.45) is 2.72. The minimum atomic E-state index is 0.374. The van der Waals surface area contributed by atoms with Crippen molar-refractivity contribution in [1.82, 2.24) is 9.97 Å². The zero-order valence-corrected chi connectivity index (χ0v) is 20.6. The first-order chi connectivity index (χ1) is 14.8. The number of aromatic nitrogens is 2. The number of ether oxygens (including phenoxy) is 2. The molecule has 0 radical (unpaired) electrons. The number of fused-ring (bicyclic) bond motifs is 1. The van der Waals surface area contributed by atoms with Crippen LogP contribution >= 0.6 is 34.8 Å². The molecule has 2 aromatic heterocycles. The number of methoxy groups -OCH3 is 2. The second-order valence-corrected chi connectivity index (χ2v) is 8.83. The molecule has 31 heavy (non-hydrogen) atoms. The van der Waals surface area contributed by atoms with Crippen LogP contribution in [-0.2, 0) is 0 Å². The number of rotatable bonds is 8. The normalized spacial score (nSPS) is 11.3. The van der Waals surface area contributed by atoms with E-state index in [0.29, 0.717) is 43.9 Å². The van der Waals surface area contributed by atoms with Gasteiger partial charge in [-0.25, -0.2) is 9.97 Å². The van der Waals surface area contributed by atoms with Crippen LogP contribution < -0.4 is 14.4 Å². The Bertz CT molecular complexity index is 1060. The lowest BCUT2D eigenvalue weighted by atomic mass is 10.1. The Morgan fingerprint density at radius 3 is 2.19 bits per heavy atom. The molecular formula is C23H26Cl3N3O2. The van der Waals surface area contributed by atoms with Crippen LogP contribution in [0.5, 0.6) is 11.5 Å². The summed E-state index contributed by atoms with van der Waals surface area (Å²) >= 11 is 19.6. The highest BCUT2D eigenvalue weighted by atomic mass is 35.5. The third-order valence-corrected chi connectivity index (χ3v) is 5.83. The van der Waals surface area contributed by atoms with Crippen LogP contribution in [0.2, 0.25) is 15.2 Å². The third kappa shape index (κ3) is 4.94. The predicted octanol–water partition coefficient (Wildman–Crippen LogP) is 7.15. The van der Waals surface area contributed by atoms with Crippen molar-refractivity contribution in [1.29, 1.82) is 0 Å². The predicted molar refractivity (Wildman–Crippen MR) is 130 cm³/mol. The van der Waals surface area contributed by atoms with Gasteiger partial charge in [-0.15, -0.1) is 0 Å². The maximum Gasteiger partial charge on any atom is 0.141 e. The second-order valence-electron chi connectivity index (χ2n) is 7.68. The molecule has 0 N–H and O–H groups in total. The highest BCUT2D eigenvalue weighted by molar-refractivity contribution is 6.41. The van der Waals surface area contributed by atoms with E-state index in [1.807, 2.05) is 12.1 Å². The van der Waals surface area contributed by atoms with E-state index in [0.717, 1.165) is 36.1 Å². The van der Waals surface area contributed by atoms with Gasteiger partial charge in [0.15, 0.2) is 0 Å². The van der Waals surface area contributed by atoms with Crippen molar-refractivity contribution in [2.45, 2.75) is 27.2 Å². The van der Waals surface area contributed by atoms with E-state index in [2.05, 4.69) is 30.7 Å². The van der Waals surface area contributed by atoms with Gasteiger partial charge in [-0.2, -0.15) is 0 Å². The summed E-state index contributed by atoms with van der Waals surface area (Å²) in [6, 6.07) is 5.43. The fraction of sp³-hybridized carbons (Fsp3) is 0.391. The molecule has 3 rings (SSSR count). The highest BCUT2D eigenvalue weighted by Crippen LogP contribution is 2.46. The molecule has 8 heteroatoms. The molecular weight excluding hydrogens is 457 g/mol. The molecule has 0 fully saturated rings. The van der Waals surface area contributed by atoms with E-state index in [1.165, 1.54) is 0 Å². The quantitative estimate of drug-likeness (QED) is 0.319. The lowest BCUT2D eigenvalue weighted by Gasteiger charge is -2.27. The number of halogens is 3. The first-order valence-electron chi connectivity index (χ1n) is 10.1. The van der Waals surface area contributed by atoms with Crippen molar-refractivity contribution >= 4 is 51.4 Å². The highest BCUT2D eigenvalue weighted by Gasteiger charge is 2.22. The lowest BCUT2D eigenvalue weighted by molar-refractivity contribution is 0.395. The van der Waals surface area contributed by atoms with E-state index in [4.69, 9.17) is 49.3 Å². The Balaban J connectivity index is 2.35. The van der Waals surface area contributed by atoms with Crippen molar-refractivity contribution < 1.29 is 9.47 Å². The number of anilines is 1. The van der Waals surface area contributed by atoms with Crippen LogP contribution in [-0.4, -0.2) is 37.3 Å². The molecule has 3 aromatic rings. The van der Waals surface area contributed by atoms with Crippen LogP contribution in [0, 0.1) is 5.92 Å². The lowest BCUT2D eigenvalue weighted by Crippen LogP contribution is -2.29. The molecule has 0 atom stereocenters. The molecule has 0 aliphatic heterocycles. The van der Waals surface area contributed by atoms with Crippen LogP contribution in [0.15, 0.2) is 24.4 Å². The summed E-state index contributed by atoms with van der Waals surface area (Å²) in [7, 11) is 3.10. The van der Waals surface area contributed by atoms with E-state index in [9.17, 15) is 0 Å². The fourth-order valence-electron chi connectivity index (χ4n) is 3.58. The molecule has 0 spiro atoms. The molecule has 0 amide bonds. The van der Waals surface area contributed by atoms with Crippen molar-refractivity contribution in [3.63, 3.8) is 0 Å². The van der Waals surface area contributed by atoms with Crippen LogP contribution in [0.3, 0.4) is 0 Å². The average Bonchev–Trinajstić information content (AvgIpc) is 2.73. The van der Waals surface area contributed by atoms with Crippen LogP contribution in [0.4, 0.5) is 5.82 Å². The standard InChI is InChI=1S/C23H26Cl3N3O2/c1-6-7-29(12-13(2)3)23-15-9-19(24)27-11-14(15)8-16(28-23)20-21(25)17(30-4)10-18(31-5)22(20)26/h8-11,13H,6-7,12H2,1-5H3. The molecule has 166 valence electrons. The van der Waals surface area contributed by atoms with Gasteiger partial charge in [0.25, 0.3) is 0 Å². The third-order valence-electron chi connectivity index (χ3n) is 4.87. The largest absolute Gasteiger partial charge is 0.495 e. The number of pyridine rings is 2. The van der Waals surface area contributed by atoms with Crippen molar-refractivity contribution in [3.05, 3.63) is 39.6 Å². The fourth-order valence-corrected chi connectivity index (χ4v) is 4.43. The topological polar surface area (TPSA) is 47.5 Å². The Kier molecular flexibility index (Phi) is 7.73. The van der Waals surface area contributed by atoms with Crippen LogP contribution in [0.25, 0.3) is 22.0 Å². The number of benzene rings is 1. The molecule has 0 saturated heterocycles. The zero-order valence-electron chi connectivity index (χ0n) is 18.3. The minimum Gasteiger partial charge on any atom is -0.495 e. The second kappa shape index (κ2) is 10.1. The Morgan fingerprint density at radius 1 is 1.00 bits per heavy atom. The minimum absolute atomic E-state index is 0.374. The molecule has 0 bridgehead atoms. The smallest absolute Gasteiger partial charge is 0.141 e. The van der Waals surface area contributed by atoms with Gasteiger partial charge in [0.1, 0.15) is 22.5 Å². The molecule has 5 nitrogen and oxygen atoms in total. The molecule has 0 unspecified atom stereocenters. The summed E-state index contributed by atoms with van der Waals surface area (Å²) in [5.74, 6) is 2.20. The first kappa shape index (κ1) is 23.7. The zero-order chi connectivity index (χ0) is 22.7. The summed E-state index contributed by atoms with van der Waals surface area (Å²) in [4.78, 5) is 11.6. The molecule has 0 aliphatic rings. The van der Waals surface area contributed by atoms with E-state index in [-0.39, 0.29) is 0 Å². The molecule has 2 heterocycles. The first-order valence-corrected chi connectivity index (χ1v) is 11.3. The number of hydrogen-bond donors (Lipinski definition) is 0. The van der Waals surface area contributed by atoms with E-state index < -0.39 is 0 Å². The maximum absolute atomic E-state index is 6.68. The van der Waals surface area contributed by atoms with Crippen LogP contribution in [0.1, 0.15) is 27.2 Å². The monoisotopic (exact) mass is 481 g/mol.